The topological polar surface area (TPSA) is 71.5 Å². The van der Waals surface area contributed by atoms with Crippen molar-refractivity contribution in [2.75, 3.05) is 19.8 Å². The molecule has 0 spiro atoms. The predicted molar refractivity (Wildman–Crippen MR) is 88.6 cm³/mol. The van der Waals surface area contributed by atoms with Crippen molar-refractivity contribution in [3.05, 3.63) is 41.0 Å². The van der Waals surface area contributed by atoms with E-state index in [2.05, 4.69) is 10.3 Å². The van der Waals surface area contributed by atoms with Crippen LogP contribution in [-0.4, -0.2) is 41.9 Å². The van der Waals surface area contributed by atoms with Crippen LogP contribution in [0.5, 0.6) is 0 Å². The normalized spacial score (nSPS) is 15.6. The van der Waals surface area contributed by atoms with Gasteiger partial charge in [-0.3, -0.25) is 9.78 Å². The standard InChI is InChI=1S/C17H19ClN2O3/c18-13-6-12-2-1-5-19-16(12)15(7-13)17(22)20-8-14(21)10-23-9-11-3-4-11/h1-2,5-7,11,14,21H,3-4,8-10H2,(H,20,22). The number of pyridine rings is 1. The molecule has 1 saturated carbocycles. The molecule has 1 aliphatic carbocycles. The number of hydrogen-bond donors (Lipinski definition) is 2. The number of carbonyl (C=O) groups excluding carboxylic acids is 1. The van der Waals surface area contributed by atoms with Crippen molar-refractivity contribution in [3.8, 4) is 0 Å². The molecule has 1 amide bonds. The number of nitrogens with one attached hydrogen (secondary N) is 1. The van der Waals surface area contributed by atoms with Gasteiger partial charge in [-0.2, -0.15) is 0 Å². The molecule has 1 aliphatic rings. The van der Waals surface area contributed by atoms with E-state index < -0.39 is 6.10 Å². The zero-order valence-corrected chi connectivity index (χ0v) is 13.4. The molecule has 23 heavy (non-hydrogen) atoms. The molecule has 1 atom stereocenters. The summed E-state index contributed by atoms with van der Waals surface area (Å²) < 4.78 is 5.41. The highest BCUT2D eigenvalue weighted by molar-refractivity contribution is 6.32. The average molecular weight is 335 g/mol. The summed E-state index contributed by atoms with van der Waals surface area (Å²) in [6, 6.07) is 7.00. The van der Waals surface area contributed by atoms with E-state index in [9.17, 15) is 9.90 Å². The Labute approximate surface area is 139 Å². The van der Waals surface area contributed by atoms with Crippen molar-refractivity contribution in [2.45, 2.75) is 18.9 Å². The van der Waals surface area contributed by atoms with E-state index in [-0.39, 0.29) is 19.1 Å². The first kappa shape index (κ1) is 16.2. The summed E-state index contributed by atoms with van der Waals surface area (Å²) in [5, 5.41) is 13.8. The zero-order chi connectivity index (χ0) is 16.2. The highest BCUT2D eigenvalue weighted by Crippen LogP contribution is 2.28. The molecule has 2 N–H and O–H groups in total. The van der Waals surface area contributed by atoms with E-state index in [0.29, 0.717) is 28.6 Å². The van der Waals surface area contributed by atoms with Gasteiger partial charge in [0.25, 0.3) is 5.91 Å². The van der Waals surface area contributed by atoms with E-state index in [4.69, 9.17) is 16.3 Å². The molecule has 1 heterocycles. The van der Waals surface area contributed by atoms with Crippen molar-refractivity contribution in [1.29, 1.82) is 0 Å². The minimum Gasteiger partial charge on any atom is -0.389 e. The molecule has 1 aromatic heterocycles. The van der Waals surface area contributed by atoms with Gasteiger partial charge in [-0.25, -0.2) is 0 Å². The van der Waals surface area contributed by atoms with E-state index in [0.717, 1.165) is 5.39 Å². The Kier molecular flexibility index (Phi) is 5.10. The molecule has 0 radical (unpaired) electrons. The Morgan fingerprint density at radius 2 is 2.30 bits per heavy atom. The molecular formula is C17H19ClN2O3. The lowest BCUT2D eigenvalue weighted by atomic mass is 10.1. The number of hydrogen-bond acceptors (Lipinski definition) is 4. The monoisotopic (exact) mass is 334 g/mol. The molecule has 3 rings (SSSR count). The molecule has 0 bridgehead atoms. The van der Waals surface area contributed by atoms with Crippen LogP contribution in [-0.2, 0) is 4.74 Å². The summed E-state index contributed by atoms with van der Waals surface area (Å²) >= 11 is 6.06. The number of aliphatic hydroxyl groups excluding tert-OH is 1. The van der Waals surface area contributed by atoms with Crippen molar-refractivity contribution in [3.63, 3.8) is 0 Å². The van der Waals surface area contributed by atoms with Gasteiger partial charge < -0.3 is 15.2 Å². The third-order valence-corrected chi connectivity index (χ3v) is 3.99. The maximum atomic E-state index is 12.3. The molecule has 0 aliphatic heterocycles. The Morgan fingerprint density at radius 3 is 3.09 bits per heavy atom. The number of fused-ring (bicyclic) bond motifs is 1. The Balaban J connectivity index is 1.59. The fourth-order valence-corrected chi connectivity index (χ4v) is 2.58. The van der Waals surface area contributed by atoms with Gasteiger partial charge >= 0.3 is 0 Å². The number of amides is 1. The fraction of sp³-hybridized carbons (Fsp3) is 0.412. The number of ether oxygens (including phenoxy) is 1. The van der Waals surface area contributed by atoms with Crippen molar-refractivity contribution < 1.29 is 14.6 Å². The van der Waals surface area contributed by atoms with E-state index >= 15 is 0 Å². The van der Waals surface area contributed by atoms with E-state index in [1.54, 1.807) is 24.4 Å². The van der Waals surface area contributed by atoms with E-state index in [1.165, 1.54) is 12.8 Å². The van der Waals surface area contributed by atoms with Crippen LogP contribution in [0.2, 0.25) is 5.02 Å². The van der Waals surface area contributed by atoms with Gasteiger partial charge in [0.1, 0.15) is 0 Å². The molecule has 122 valence electrons. The predicted octanol–water partition coefficient (Wildman–Crippen LogP) is 2.41. The number of carbonyl (C=O) groups is 1. The average Bonchev–Trinajstić information content (AvgIpc) is 3.36. The third-order valence-electron chi connectivity index (χ3n) is 3.77. The van der Waals surface area contributed by atoms with Crippen LogP contribution in [0.3, 0.4) is 0 Å². The van der Waals surface area contributed by atoms with Crippen LogP contribution in [0.15, 0.2) is 30.5 Å². The summed E-state index contributed by atoms with van der Waals surface area (Å²) in [5.41, 5.74) is 0.994. The fourth-order valence-electron chi connectivity index (χ4n) is 2.35. The lowest BCUT2D eigenvalue weighted by Gasteiger charge is -2.13. The second-order valence-corrected chi connectivity index (χ2v) is 6.31. The first-order valence-electron chi connectivity index (χ1n) is 7.72. The van der Waals surface area contributed by atoms with Gasteiger partial charge in [0, 0.05) is 29.8 Å². The van der Waals surface area contributed by atoms with Crippen LogP contribution in [0.4, 0.5) is 0 Å². The number of aliphatic hydroxyl groups is 1. The quantitative estimate of drug-likeness (QED) is 0.815. The molecule has 0 saturated heterocycles. The number of benzene rings is 1. The maximum Gasteiger partial charge on any atom is 0.253 e. The minimum atomic E-state index is -0.726. The largest absolute Gasteiger partial charge is 0.389 e. The second kappa shape index (κ2) is 7.25. The van der Waals surface area contributed by atoms with Crippen LogP contribution in [0, 0.1) is 5.92 Å². The van der Waals surface area contributed by atoms with Gasteiger partial charge in [-0.1, -0.05) is 17.7 Å². The Bertz CT molecular complexity index is 703. The number of aromatic nitrogens is 1. The van der Waals surface area contributed by atoms with E-state index in [1.807, 2.05) is 6.07 Å². The van der Waals surface area contributed by atoms with Crippen LogP contribution in [0.1, 0.15) is 23.2 Å². The summed E-state index contributed by atoms with van der Waals surface area (Å²) in [5.74, 6) is 0.345. The van der Waals surface area contributed by atoms with Crippen molar-refractivity contribution in [2.24, 2.45) is 5.92 Å². The summed E-state index contributed by atoms with van der Waals surface area (Å²) in [6.07, 6.45) is 3.33. The summed E-state index contributed by atoms with van der Waals surface area (Å²) in [6.45, 7) is 1.05. The molecule has 1 aromatic carbocycles. The van der Waals surface area contributed by atoms with Gasteiger partial charge in [-0.15, -0.1) is 0 Å². The highest BCUT2D eigenvalue weighted by Gasteiger charge is 2.21. The number of halogens is 1. The van der Waals surface area contributed by atoms with Crippen LogP contribution >= 0.6 is 11.6 Å². The zero-order valence-electron chi connectivity index (χ0n) is 12.7. The molecule has 1 unspecified atom stereocenters. The van der Waals surface area contributed by atoms with Crippen LogP contribution < -0.4 is 5.32 Å². The van der Waals surface area contributed by atoms with Crippen molar-refractivity contribution >= 4 is 28.4 Å². The van der Waals surface area contributed by atoms with Gasteiger partial charge in [0.05, 0.1) is 23.8 Å². The molecule has 2 aromatic rings. The highest BCUT2D eigenvalue weighted by atomic mass is 35.5. The van der Waals surface area contributed by atoms with Gasteiger partial charge in [0.2, 0.25) is 0 Å². The first-order chi connectivity index (χ1) is 11.1. The second-order valence-electron chi connectivity index (χ2n) is 5.87. The first-order valence-corrected chi connectivity index (χ1v) is 8.09. The molecule has 6 heteroatoms. The number of rotatable bonds is 7. The smallest absolute Gasteiger partial charge is 0.253 e. The SMILES string of the molecule is O=C(NCC(O)COCC1CC1)c1cc(Cl)cc2cccnc12. The summed E-state index contributed by atoms with van der Waals surface area (Å²) in [7, 11) is 0. The van der Waals surface area contributed by atoms with Crippen LogP contribution in [0.25, 0.3) is 10.9 Å². The molecule has 1 fully saturated rings. The maximum absolute atomic E-state index is 12.3. The molecule has 5 nitrogen and oxygen atoms in total. The number of nitrogens with zero attached hydrogens (tertiary/aromatic N) is 1. The Hall–Kier alpha value is -1.69. The lowest BCUT2D eigenvalue weighted by Crippen LogP contribution is -2.34. The van der Waals surface area contributed by atoms with Gasteiger partial charge in [0.15, 0.2) is 0 Å². The summed E-state index contributed by atoms with van der Waals surface area (Å²) in [4.78, 5) is 16.6. The molecular weight excluding hydrogens is 316 g/mol. The third kappa shape index (κ3) is 4.41. The lowest BCUT2D eigenvalue weighted by molar-refractivity contribution is 0.0321. The van der Waals surface area contributed by atoms with Crippen molar-refractivity contribution in [1.82, 2.24) is 10.3 Å². The van der Waals surface area contributed by atoms with Gasteiger partial charge in [-0.05, 0) is 37.0 Å². The Morgan fingerprint density at radius 1 is 1.48 bits per heavy atom. The minimum absolute atomic E-state index is 0.129.